The maximum atomic E-state index is 6.30. The van der Waals surface area contributed by atoms with Crippen molar-refractivity contribution in [3.63, 3.8) is 0 Å². The Kier molecular flexibility index (Phi) is 5.39. The SMILES string of the molecule is Cl.Clc1cc(Cl)c2ccccc2c1OC1CCCNC1. The van der Waals surface area contributed by atoms with Crippen molar-refractivity contribution in [1.29, 1.82) is 0 Å². The van der Waals surface area contributed by atoms with Gasteiger partial charge in [0, 0.05) is 17.3 Å². The first-order chi connectivity index (χ1) is 9.25. The number of hydrogen-bond donors (Lipinski definition) is 1. The van der Waals surface area contributed by atoms with E-state index in [1.54, 1.807) is 6.07 Å². The van der Waals surface area contributed by atoms with Gasteiger partial charge in [-0.15, -0.1) is 12.4 Å². The Bertz CT molecular complexity index is 597. The van der Waals surface area contributed by atoms with Gasteiger partial charge in [-0.05, 0) is 25.5 Å². The summed E-state index contributed by atoms with van der Waals surface area (Å²) in [6.07, 6.45) is 2.37. The molecule has 1 aliphatic heterocycles. The fraction of sp³-hybridized carbons (Fsp3) is 0.333. The fourth-order valence-electron chi connectivity index (χ4n) is 2.48. The van der Waals surface area contributed by atoms with Crippen LogP contribution in [-0.2, 0) is 0 Å². The third-order valence-corrected chi connectivity index (χ3v) is 4.03. The Hall–Kier alpha value is -0.670. The molecule has 0 saturated carbocycles. The molecule has 1 unspecified atom stereocenters. The molecule has 1 aliphatic rings. The number of rotatable bonds is 2. The van der Waals surface area contributed by atoms with Gasteiger partial charge >= 0.3 is 0 Å². The number of fused-ring (bicyclic) bond motifs is 1. The van der Waals surface area contributed by atoms with Crippen LogP contribution in [0, 0.1) is 0 Å². The monoisotopic (exact) mass is 331 g/mol. The first-order valence-corrected chi connectivity index (χ1v) is 7.25. The lowest BCUT2D eigenvalue weighted by Crippen LogP contribution is -2.37. The molecule has 108 valence electrons. The largest absolute Gasteiger partial charge is 0.487 e. The molecule has 0 radical (unpaired) electrons. The predicted molar refractivity (Wildman–Crippen MR) is 87.7 cm³/mol. The van der Waals surface area contributed by atoms with Gasteiger partial charge in [0.1, 0.15) is 11.9 Å². The molecule has 0 aromatic heterocycles. The highest BCUT2D eigenvalue weighted by molar-refractivity contribution is 6.39. The summed E-state index contributed by atoms with van der Waals surface area (Å²) in [7, 11) is 0. The average Bonchev–Trinajstić information content (AvgIpc) is 2.45. The average molecular weight is 333 g/mol. The van der Waals surface area contributed by atoms with Crippen LogP contribution in [0.3, 0.4) is 0 Å². The topological polar surface area (TPSA) is 21.3 Å². The Morgan fingerprint density at radius 3 is 2.55 bits per heavy atom. The lowest BCUT2D eigenvalue weighted by Gasteiger charge is -2.25. The van der Waals surface area contributed by atoms with Crippen molar-refractivity contribution in [3.05, 3.63) is 40.4 Å². The zero-order valence-electron chi connectivity index (χ0n) is 10.9. The van der Waals surface area contributed by atoms with Crippen molar-refractivity contribution >= 4 is 46.4 Å². The Labute approximate surface area is 134 Å². The summed E-state index contributed by atoms with van der Waals surface area (Å²) in [4.78, 5) is 0. The zero-order chi connectivity index (χ0) is 13.2. The second-order valence-electron chi connectivity index (χ2n) is 4.80. The van der Waals surface area contributed by atoms with Crippen molar-refractivity contribution in [1.82, 2.24) is 5.32 Å². The van der Waals surface area contributed by atoms with Crippen LogP contribution in [-0.4, -0.2) is 19.2 Å². The van der Waals surface area contributed by atoms with Crippen LogP contribution in [0.5, 0.6) is 5.75 Å². The van der Waals surface area contributed by atoms with Crippen LogP contribution in [0.25, 0.3) is 10.8 Å². The van der Waals surface area contributed by atoms with Gasteiger partial charge in [0.25, 0.3) is 0 Å². The van der Waals surface area contributed by atoms with E-state index in [0.717, 1.165) is 42.5 Å². The Morgan fingerprint density at radius 2 is 1.85 bits per heavy atom. The van der Waals surface area contributed by atoms with Crippen LogP contribution >= 0.6 is 35.6 Å². The second kappa shape index (κ2) is 6.86. The van der Waals surface area contributed by atoms with Gasteiger partial charge in [-0.3, -0.25) is 0 Å². The highest BCUT2D eigenvalue weighted by Gasteiger charge is 2.18. The minimum Gasteiger partial charge on any atom is -0.487 e. The lowest BCUT2D eigenvalue weighted by atomic mass is 10.1. The first kappa shape index (κ1) is 15.7. The minimum atomic E-state index is 0. The lowest BCUT2D eigenvalue weighted by molar-refractivity contribution is 0.169. The quantitative estimate of drug-likeness (QED) is 0.860. The third kappa shape index (κ3) is 3.15. The van der Waals surface area contributed by atoms with E-state index in [9.17, 15) is 0 Å². The fourth-order valence-corrected chi connectivity index (χ4v) is 3.06. The molecule has 1 heterocycles. The molecule has 20 heavy (non-hydrogen) atoms. The summed E-state index contributed by atoms with van der Waals surface area (Å²) < 4.78 is 6.10. The number of nitrogens with one attached hydrogen (secondary N) is 1. The van der Waals surface area contributed by atoms with Gasteiger partial charge in [-0.2, -0.15) is 0 Å². The Morgan fingerprint density at radius 1 is 1.10 bits per heavy atom. The highest BCUT2D eigenvalue weighted by atomic mass is 35.5. The predicted octanol–water partition coefficient (Wildman–Crippen LogP) is 4.70. The van der Waals surface area contributed by atoms with Crippen molar-refractivity contribution < 1.29 is 4.74 Å². The van der Waals surface area contributed by atoms with Crippen LogP contribution in [0.2, 0.25) is 10.0 Å². The van der Waals surface area contributed by atoms with E-state index in [-0.39, 0.29) is 18.5 Å². The molecule has 3 rings (SSSR count). The van der Waals surface area contributed by atoms with E-state index in [1.165, 1.54) is 0 Å². The first-order valence-electron chi connectivity index (χ1n) is 6.50. The van der Waals surface area contributed by atoms with Crippen molar-refractivity contribution in [2.45, 2.75) is 18.9 Å². The molecular weight excluding hydrogens is 317 g/mol. The number of benzene rings is 2. The van der Waals surface area contributed by atoms with E-state index >= 15 is 0 Å². The van der Waals surface area contributed by atoms with Gasteiger partial charge in [-0.1, -0.05) is 47.5 Å². The number of piperidine rings is 1. The summed E-state index contributed by atoms with van der Waals surface area (Å²) in [6.45, 7) is 1.93. The maximum absolute atomic E-state index is 6.30. The molecule has 5 heteroatoms. The van der Waals surface area contributed by atoms with E-state index in [1.807, 2.05) is 24.3 Å². The Balaban J connectivity index is 0.00000147. The summed E-state index contributed by atoms with van der Waals surface area (Å²) in [5.41, 5.74) is 0. The summed E-state index contributed by atoms with van der Waals surface area (Å²) in [6, 6.07) is 9.69. The molecule has 2 nitrogen and oxygen atoms in total. The van der Waals surface area contributed by atoms with Crippen LogP contribution in [0.1, 0.15) is 12.8 Å². The van der Waals surface area contributed by atoms with Crippen LogP contribution in [0.15, 0.2) is 30.3 Å². The summed E-state index contributed by atoms with van der Waals surface area (Å²) >= 11 is 12.5. The van der Waals surface area contributed by atoms with Gasteiger partial charge in [-0.25, -0.2) is 0 Å². The molecule has 0 bridgehead atoms. The van der Waals surface area contributed by atoms with Crippen LogP contribution < -0.4 is 10.1 Å². The van der Waals surface area contributed by atoms with Gasteiger partial charge in [0.2, 0.25) is 0 Å². The van der Waals surface area contributed by atoms with Gasteiger partial charge in [0.15, 0.2) is 0 Å². The van der Waals surface area contributed by atoms with Gasteiger partial charge in [0.05, 0.1) is 10.0 Å². The van der Waals surface area contributed by atoms with Gasteiger partial charge < -0.3 is 10.1 Å². The van der Waals surface area contributed by atoms with E-state index in [0.29, 0.717) is 10.0 Å². The minimum absolute atomic E-state index is 0. The van der Waals surface area contributed by atoms with E-state index in [4.69, 9.17) is 27.9 Å². The smallest absolute Gasteiger partial charge is 0.146 e. The number of halogens is 3. The molecule has 2 aromatic rings. The molecule has 2 aromatic carbocycles. The normalized spacial score (nSPS) is 18.6. The molecule has 1 saturated heterocycles. The number of ether oxygens (including phenoxy) is 1. The van der Waals surface area contributed by atoms with E-state index < -0.39 is 0 Å². The van der Waals surface area contributed by atoms with Crippen molar-refractivity contribution in [2.24, 2.45) is 0 Å². The maximum Gasteiger partial charge on any atom is 0.146 e. The zero-order valence-corrected chi connectivity index (χ0v) is 13.2. The van der Waals surface area contributed by atoms with Crippen molar-refractivity contribution in [3.8, 4) is 5.75 Å². The summed E-state index contributed by atoms with van der Waals surface area (Å²) in [5, 5.41) is 6.54. The molecule has 0 spiro atoms. The molecule has 1 fully saturated rings. The second-order valence-corrected chi connectivity index (χ2v) is 5.62. The van der Waals surface area contributed by atoms with Crippen molar-refractivity contribution in [2.75, 3.05) is 13.1 Å². The molecule has 0 amide bonds. The standard InChI is InChI=1S/C15H15Cl2NO.ClH/c16-13-8-14(17)15(12-6-2-1-5-11(12)13)19-10-4-3-7-18-9-10;/h1-2,5-6,8,10,18H,3-4,7,9H2;1H. The summed E-state index contributed by atoms with van der Waals surface area (Å²) in [5.74, 6) is 0.746. The highest BCUT2D eigenvalue weighted by Crippen LogP contribution is 2.38. The molecule has 1 atom stereocenters. The van der Waals surface area contributed by atoms with Crippen LogP contribution in [0.4, 0.5) is 0 Å². The molecule has 0 aliphatic carbocycles. The molecular formula is C15H16Cl3NO. The number of hydrogen-bond acceptors (Lipinski definition) is 2. The third-order valence-electron chi connectivity index (χ3n) is 3.44. The molecule has 1 N–H and O–H groups in total. The van der Waals surface area contributed by atoms with E-state index in [2.05, 4.69) is 5.32 Å².